The maximum Gasteiger partial charge on any atom is 0.258 e. The molecule has 1 aliphatic heterocycles. The molecule has 0 N–H and O–H groups in total. The Balaban J connectivity index is 1.73. The number of amides is 1. The van der Waals surface area contributed by atoms with Crippen molar-refractivity contribution in [3.8, 4) is 0 Å². The Morgan fingerprint density at radius 1 is 1.12 bits per heavy atom. The van der Waals surface area contributed by atoms with Crippen LogP contribution in [0.15, 0.2) is 12.1 Å². The zero-order valence-corrected chi connectivity index (χ0v) is 14.9. The minimum Gasteiger partial charge on any atom is -0.353 e. The van der Waals surface area contributed by atoms with Crippen molar-refractivity contribution in [1.82, 2.24) is 24.9 Å². The van der Waals surface area contributed by atoms with Gasteiger partial charge in [-0.2, -0.15) is 10.2 Å². The molecule has 0 spiro atoms. The lowest BCUT2D eigenvalue weighted by Gasteiger charge is -2.22. The molecule has 0 aliphatic carbocycles. The average Bonchev–Trinajstić information content (AvgIpc) is 2.73. The summed E-state index contributed by atoms with van der Waals surface area (Å²) in [5, 5.41) is 13.0. The van der Waals surface area contributed by atoms with Gasteiger partial charge in [-0.25, -0.2) is 0 Å². The number of rotatable bonds is 2. The topological polar surface area (TPSA) is 67.2 Å². The Morgan fingerprint density at radius 2 is 1.92 bits per heavy atom. The van der Waals surface area contributed by atoms with Crippen molar-refractivity contribution >= 4 is 23.3 Å². The molecule has 0 radical (unpaired) electrons. The van der Waals surface area contributed by atoms with Gasteiger partial charge in [-0.15, -0.1) is 5.10 Å². The lowest BCUT2D eigenvalue weighted by atomic mass is 10.2. The Bertz CT molecular complexity index is 742. The highest BCUT2D eigenvalue weighted by Crippen LogP contribution is 2.22. The zero-order chi connectivity index (χ0) is 17.3. The van der Waals surface area contributed by atoms with E-state index in [0.29, 0.717) is 29.5 Å². The van der Waals surface area contributed by atoms with Crippen LogP contribution < -0.4 is 4.90 Å². The SMILES string of the molecule is Cc1ccc(N2CCCN(C(=O)c3c(C)nn(C)c3Cl)CC2)nn1. The third-order valence-corrected chi connectivity index (χ3v) is 4.69. The van der Waals surface area contributed by atoms with Crippen LogP contribution in [0.3, 0.4) is 0 Å². The molecule has 1 saturated heterocycles. The molecule has 2 aromatic heterocycles. The van der Waals surface area contributed by atoms with Crippen molar-refractivity contribution < 1.29 is 4.79 Å². The second kappa shape index (κ2) is 6.76. The monoisotopic (exact) mass is 348 g/mol. The first-order valence-electron chi connectivity index (χ1n) is 8.01. The second-order valence-electron chi connectivity index (χ2n) is 6.04. The fourth-order valence-corrected chi connectivity index (χ4v) is 3.20. The Kier molecular flexibility index (Phi) is 4.71. The number of aryl methyl sites for hydroxylation is 3. The molecule has 2 aromatic rings. The third kappa shape index (κ3) is 3.21. The summed E-state index contributed by atoms with van der Waals surface area (Å²) >= 11 is 6.23. The highest BCUT2D eigenvalue weighted by molar-refractivity contribution is 6.33. The van der Waals surface area contributed by atoms with Gasteiger partial charge in [0.25, 0.3) is 5.91 Å². The lowest BCUT2D eigenvalue weighted by Crippen LogP contribution is -2.35. The summed E-state index contributed by atoms with van der Waals surface area (Å²) in [5.74, 6) is 0.799. The van der Waals surface area contributed by atoms with Crippen LogP contribution in [0.4, 0.5) is 5.82 Å². The fraction of sp³-hybridized carbons (Fsp3) is 0.500. The Hall–Kier alpha value is -2.15. The molecule has 24 heavy (non-hydrogen) atoms. The van der Waals surface area contributed by atoms with E-state index >= 15 is 0 Å². The number of carbonyl (C=O) groups excluding carboxylic acids is 1. The third-order valence-electron chi connectivity index (χ3n) is 4.26. The van der Waals surface area contributed by atoms with Crippen molar-refractivity contribution in [2.75, 3.05) is 31.1 Å². The van der Waals surface area contributed by atoms with Crippen molar-refractivity contribution in [1.29, 1.82) is 0 Å². The maximum absolute atomic E-state index is 12.8. The van der Waals surface area contributed by atoms with Gasteiger partial charge in [-0.05, 0) is 32.4 Å². The number of halogens is 1. The summed E-state index contributed by atoms with van der Waals surface area (Å²) in [6.45, 7) is 6.62. The summed E-state index contributed by atoms with van der Waals surface area (Å²) in [4.78, 5) is 16.8. The molecule has 7 nitrogen and oxygen atoms in total. The largest absolute Gasteiger partial charge is 0.353 e. The lowest BCUT2D eigenvalue weighted by molar-refractivity contribution is 0.0766. The van der Waals surface area contributed by atoms with Gasteiger partial charge in [0.15, 0.2) is 5.82 Å². The molecule has 3 heterocycles. The van der Waals surface area contributed by atoms with Crippen molar-refractivity contribution in [2.24, 2.45) is 7.05 Å². The van der Waals surface area contributed by atoms with Crippen LogP contribution in [0.25, 0.3) is 0 Å². The Morgan fingerprint density at radius 3 is 2.54 bits per heavy atom. The molecule has 0 saturated carbocycles. The van der Waals surface area contributed by atoms with E-state index in [9.17, 15) is 4.79 Å². The van der Waals surface area contributed by atoms with Crippen LogP contribution in [-0.2, 0) is 7.05 Å². The van der Waals surface area contributed by atoms with Gasteiger partial charge in [-0.3, -0.25) is 9.48 Å². The maximum atomic E-state index is 12.8. The van der Waals surface area contributed by atoms with Crippen LogP contribution in [0.5, 0.6) is 0 Å². The molecule has 3 rings (SSSR count). The number of anilines is 1. The van der Waals surface area contributed by atoms with Crippen LogP contribution in [0, 0.1) is 13.8 Å². The van der Waals surface area contributed by atoms with Gasteiger partial charge in [0, 0.05) is 33.2 Å². The summed E-state index contributed by atoms with van der Waals surface area (Å²) < 4.78 is 1.54. The molecule has 0 aromatic carbocycles. The first kappa shape index (κ1) is 16.7. The predicted molar refractivity (Wildman–Crippen MR) is 92.5 cm³/mol. The number of aromatic nitrogens is 4. The average molecular weight is 349 g/mol. The molecular weight excluding hydrogens is 328 g/mol. The van der Waals surface area contributed by atoms with Gasteiger partial charge >= 0.3 is 0 Å². The van der Waals surface area contributed by atoms with Gasteiger partial charge in [0.05, 0.1) is 17.0 Å². The molecule has 0 unspecified atom stereocenters. The van der Waals surface area contributed by atoms with Crippen LogP contribution >= 0.6 is 11.6 Å². The molecule has 0 atom stereocenters. The summed E-state index contributed by atoms with van der Waals surface area (Å²) in [5.41, 5.74) is 2.06. The first-order chi connectivity index (χ1) is 11.5. The van der Waals surface area contributed by atoms with Crippen LogP contribution in [0.2, 0.25) is 5.15 Å². The highest BCUT2D eigenvalue weighted by atomic mass is 35.5. The van der Waals surface area contributed by atoms with E-state index in [1.54, 1.807) is 7.05 Å². The Labute approximate surface area is 146 Å². The van der Waals surface area contributed by atoms with Crippen LogP contribution in [-0.4, -0.2) is 57.0 Å². The number of nitrogens with zero attached hydrogens (tertiary/aromatic N) is 6. The molecule has 0 bridgehead atoms. The standard InChI is InChI=1S/C16H21ClN6O/c1-11-5-6-13(19-18-11)22-7-4-8-23(10-9-22)16(24)14-12(2)20-21(3)15(14)17/h5-6H,4,7-10H2,1-3H3. The molecule has 128 valence electrons. The van der Waals surface area contributed by atoms with Gasteiger partial charge < -0.3 is 9.80 Å². The molecule has 1 aliphatic rings. The highest BCUT2D eigenvalue weighted by Gasteiger charge is 2.26. The number of carbonyl (C=O) groups is 1. The van der Waals surface area contributed by atoms with E-state index in [1.165, 1.54) is 4.68 Å². The normalized spacial score (nSPS) is 15.5. The minimum atomic E-state index is -0.0533. The van der Waals surface area contributed by atoms with Gasteiger partial charge in [0.1, 0.15) is 5.15 Å². The molecule has 8 heteroatoms. The van der Waals surface area contributed by atoms with E-state index in [-0.39, 0.29) is 5.91 Å². The number of hydrogen-bond acceptors (Lipinski definition) is 5. The van der Waals surface area contributed by atoms with E-state index in [4.69, 9.17) is 11.6 Å². The van der Waals surface area contributed by atoms with E-state index in [1.807, 2.05) is 30.9 Å². The van der Waals surface area contributed by atoms with Crippen molar-refractivity contribution in [2.45, 2.75) is 20.3 Å². The quantitative estimate of drug-likeness (QED) is 0.828. The summed E-state index contributed by atoms with van der Waals surface area (Å²) in [6, 6.07) is 3.93. The van der Waals surface area contributed by atoms with E-state index < -0.39 is 0 Å². The molecule has 1 fully saturated rings. The van der Waals surface area contributed by atoms with E-state index in [0.717, 1.165) is 31.0 Å². The number of hydrogen-bond donors (Lipinski definition) is 0. The first-order valence-corrected chi connectivity index (χ1v) is 8.39. The van der Waals surface area contributed by atoms with Crippen molar-refractivity contribution in [3.05, 3.63) is 34.2 Å². The van der Waals surface area contributed by atoms with Crippen LogP contribution in [0.1, 0.15) is 28.2 Å². The summed E-state index contributed by atoms with van der Waals surface area (Å²) in [6.07, 6.45) is 0.873. The van der Waals surface area contributed by atoms with E-state index in [2.05, 4.69) is 20.2 Å². The molecule has 1 amide bonds. The summed E-state index contributed by atoms with van der Waals surface area (Å²) in [7, 11) is 1.74. The van der Waals surface area contributed by atoms with Gasteiger partial charge in [-0.1, -0.05) is 11.6 Å². The fourth-order valence-electron chi connectivity index (χ4n) is 2.94. The van der Waals surface area contributed by atoms with Crippen molar-refractivity contribution in [3.63, 3.8) is 0 Å². The minimum absolute atomic E-state index is 0.0533. The predicted octanol–water partition coefficient (Wildman–Crippen LogP) is 1.83. The van der Waals surface area contributed by atoms with Gasteiger partial charge in [0.2, 0.25) is 0 Å². The smallest absolute Gasteiger partial charge is 0.258 e. The zero-order valence-electron chi connectivity index (χ0n) is 14.2. The molecular formula is C16H21ClN6O. The second-order valence-corrected chi connectivity index (χ2v) is 6.40.